The number of ether oxygens (including phenoxy) is 3. The van der Waals surface area contributed by atoms with Gasteiger partial charge in [0.1, 0.15) is 4.90 Å². The van der Waals surface area contributed by atoms with E-state index in [1.807, 2.05) is 0 Å². The molecule has 1 N–H and O–H groups in total. The van der Waals surface area contributed by atoms with Gasteiger partial charge in [0.25, 0.3) is 0 Å². The van der Waals surface area contributed by atoms with E-state index in [9.17, 15) is 8.42 Å². The van der Waals surface area contributed by atoms with E-state index in [0.29, 0.717) is 16.0 Å². The minimum absolute atomic E-state index is 0.0369. The topological polar surface area (TPSA) is 73.9 Å². The molecule has 0 radical (unpaired) electrons. The normalized spacial score (nSPS) is 13.1. The van der Waals surface area contributed by atoms with E-state index in [1.54, 1.807) is 24.3 Å². The standard InChI is InChI=1S/C15H13BrClNO5S/c1-21-15-11(16)5-10(17)6-14(15)24(19,20)18-7-9-2-3-12-13(4-9)23-8-22-12/h2-6,18H,7-8H2,1H3. The highest BCUT2D eigenvalue weighted by Gasteiger charge is 2.23. The molecule has 0 amide bonds. The number of hydrogen-bond acceptors (Lipinski definition) is 5. The summed E-state index contributed by atoms with van der Waals surface area (Å²) in [5, 5.41) is 0.283. The fourth-order valence-corrected chi connectivity index (χ4v) is 4.64. The van der Waals surface area contributed by atoms with Gasteiger partial charge in [0.2, 0.25) is 16.8 Å². The van der Waals surface area contributed by atoms with Crippen molar-refractivity contribution in [2.24, 2.45) is 0 Å². The number of rotatable bonds is 5. The molecule has 1 aliphatic rings. The lowest BCUT2D eigenvalue weighted by Crippen LogP contribution is -2.24. The Morgan fingerprint density at radius 1 is 1.25 bits per heavy atom. The van der Waals surface area contributed by atoms with Crippen LogP contribution >= 0.6 is 27.5 Å². The lowest BCUT2D eigenvalue weighted by Gasteiger charge is -2.13. The van der Waals surface area contributed by atoms with Crippen molar-refractivity contribution in [2.45, 2.75) is 11.4 Å². The molecule has 6 nitrogen and oxygen atoms in total. The molecule has 128 valence electrons. The molecule has 2 aromatic rings. The zero-order valence-electron chi connectivity index (χ0n) is 12.5. The lowest BCUT2D eigenvalue weighted by atomic mass is 10.2. The number of nitrogens with one attached hydrogen (secondary N) is 1. The third kappa shape index (κ3) is 3.46. The van der Waals surface area contributed by atoms with Crippen molar-refractivity contribution >= 4 is 37.6 Å². The van der Waals surface area contributed by atoms with Gasteiger partial charge in [0, 0.05) is 11.6 Å². The van der Waals surface area contributed by atoms with Gasteiger partial charge in [-0.3, -0.25) is 0 Å². The monoisotopic (exact) mass is 433 g/mol. The summed E-state index contributed by atoms with van der Waals surface area (Å²) in [4.78, 5) is -0.0369. The molecule has 0 fully saturated rings. The Labute approximate surface area is 152 Å². The van der Waals surface area contributed by atoms with Gasteiger partial charge in [-0.1, -0.05) is 17.7 Å². The van der Waals surface area contributed by atoms with Crippen LogP contribution in [0.5, 0.6) is 17.2 Å². The zero-order valence-corrected chi connectivity index (χ0v) is 15.7. The van der Waals surface area contributed by atoms with E-state index in [-0.39, 0.29) is 29.0 Å². The largest absolute Gasteiger partial charge is 0.494 e. The van der Waals surface area contributed by atoms with E-state index in [4.69, 9.17) is 25.8 Å². The number of benzene rings is 2. The average Bonchev–Trinajstić information content (AvgIpc) is 3.00. The summed E-state index contributed by atoms with van der Waals surface area (Å²) in [5.41, 5.74) is 0.739. The lowest BCUT2D eigenvalue weighted by molar-refractivity contribution is 0.174. The van der Waals surface area contributed by atoms with Gasteiger partial charge < -0.3 is 14.2 Å². The molecule has 24 heavy (non-hydrogen) atoms. The van der Waals surface area contributed by atoms with Gasteiger partial charge in [-0.25, -0.2) is 13.1 Å². The van der Waals surface area contributed by atoms with Crippen LogP contribution in [0.1, 0.15) is 5.56 Å². The van der Waals surface area contributed by atoms with Crippen LogP contribution in [0.4, 0.5) is 0 Å². The predicted molar refractivity (Wildman–Crippen MR) is 92.3 cm³/mol. The average molecular weight is 435 g/mol. The van der Waals surface area contributed by atoms with Crippen LogP contribution in [0.15, 0.2) is 39.7 Å². The molecule has 9 heteroatoms. The number of methoxy groups -OCH3 is 1. The molecule has 2 aromatic carbocycles. The predicted octanol–water partition coefficient (Wildman–Crippen LogP) is 3.32. The molecule has 1 aliphatic heterocycles. The van der Waals surface area contributed by atoms with Crippen LogP contribution in [-0.2, 0) is 16.6 Å². The Balaban J connectivity index is 1.84. The highest BCUT2D eigenvalue weighted by atomic mass is 79.9. The van der Waals surface area contributed by atoms with Crippen LogP contribution in [0, 0.1) is 0 Å². The van der Waals surface area contributed by atoms with Crippen molar-refractivity contribution < 1.29 is 22.6 Å². The van der Waals surface area contributed by atoms with Crippen molar-refractivity contribution in [1.29, 1.82) is 0 Å². The molecule has 0 bridgehead atoms. The Morgan fingerprint density at radius 3 is 2.75 bits per heavy atom. The first-order chi connectivity index (χ1) is 11.4. The molecule has 0 aromatic heterocycles. The Morgan fingerprint density at radius 2 is 2.00 bits per heavy atom. The Hall–Kier alpha value is -1.48. The summed E-state index contributed by atoms with van der Waals surface area (Å²) in [7, 11) is -2.43. The summed E-state index contributed by atoms with van der Waals surface area (Å²) in [6.45, 7) is 0.254. The van der Waals surface area contributed by atoms with Crippen molar-refractivity contribution in [3.05, 3.63) is 45.4 Å². The third-order valence-corrected chi connectivity index (χ3v) is 5.59. The number of hydrogen-bond donors (Lipinski definition) is 1. The summed E-state index contributed by atoms with van der Waals surface area (Å²) in [6, 6.07) is 8.14. The Kier molecular flexibility index (Phi) is 4.91. The maximum atomic E-state index is 12.6. The Bertz CT molecular complexity index is 888. The molecule has 0 aliphatic carbocycles. The van der Waals surface area contributed by atoms with E-state index < -0.39 is 10.0 Å². The van der Waals surface area contributed by atoms with E-state index in [0.717, 1.165) is 5.56 Å². The first kappa shape index (κ1) is 17.3. The highest BCUT2D eigenvalue weighted by molar-refractivity contribution is 9.10. The van der Waals surface area contributed by atoms with Crippen molar-refractivity contribution in [2.75, 3.05) is 13.9 Å². The smallest absolute Gasteiger partial charge is 0.244 e. The molecular formula is C15H13BrClNO5S. The molecule has 0 saturated carbocycles. The van der Waals surface area contributed by atoms with Gasteiger partial charge in [-0.2, -0.15) is 0 Å². The second-order valence-corrected chi connectivity index (χ2v) is 7.96. The van der Waals surface area contributed by atoms with Crippen LogP contribution in [-0.4, -0.2) is 22.3 Å². The second-order valence-electron chi connectivity index (χ2n) is 4.93. The molecule has 0 saturated heterocycles. The zero-order chi connectivity index (χ0) is 17.3. The first-order valence-corrected chi connectivity index (χ1v) is 9.47. The number of halogens is 2. The van der Waals surface area contributed by atoms with Crippen LogP contribution in [0.3, 0.4) is 0 Å². The highest BCUT2D eigenvalue weighted by Crippen LogP contribution is 2.36. The minimum Gasteiger partial charge on any atom is -0.494 e. The molecule has 0 atom stereocenters. The van der Waals surface area contributed by atoms with Crippen LogP contribution in [0.2, 0.25) is 5.02 Å². The summed E-state index contributed by atoms with van der Waals surface area (Å²) in [6.07, 6.45) is 0. The van der Waals surface area contributed by atoms with E-state index in [1.165, 1.54) is 13.2 Å². The van der Waals surface area contributed by atoms with Gasteiger partial charge in [0.05, 0.1) is 11.6 Å². The summed E-state index contributed by atoms with van der Waals surface area (Å²) in [5.74, 6) is 1.43. The third-order valence-electron chi connectivity index (χ3n) is 3.37. The van der Waals surface area contributed by atoms with Crippen LogP contribution in [0.25, 0.3) is 0 Å². The maximum absolute atomic E-state index is 12.6. The van der Waals surface area contributed by atoms with Gasteiger partial charge in [-0.15, -0.1) is 0 Å². The van der Waals surface area contributed by atoms with Crippen molar-refractivity contribution in [3.63, 3.8) is 0 Å². The maximum Gasteiger partial charge on any atom is 0.244 e. The quantitative estimate of drug-likeness (QED) is 0.781. The fraction of sp³-hybridized carbons (Fsp3) is 0.200. The second kappa shape index (κ2) is 6.79. The van der Waals surface area contributed by atoms with Crippen molar-refractivity contribution in [1.82, 2.24) is 4.72 Å². The molecule has 0 spiro atoms. The molecule has 1 heterocycles. The SMILES string of the molecule is COc1c(Br)cc(Cl)cc1S(=O)(=O)NCc1ccc2c(c1)OCO2. The van der Waals surface area contributed by atoms with Crippen molar-refractivity contribution in [3.8, 4) is 17.2 Å². The summed E-state index contributed by atoms with van der Waals surface area (Å²) < 4.78 is 43.9. The molecular weight excluding hydrogens is 422 g/mol. The van der Waals surface area contributed by atoms with Gasteiger partial charge >= 0.3 is 0 Å². The number of sulfonamides is 1. The van der Waals surface area contributed by atoms with Gasteiger partial charge in [0.15, 0.2) is 17.2 Å². The van der Waals surface area contributed by atoms with E-state index in [2.05, 4.69) is 20.7 Å². The van der Waals surface area contributed by atoms with E-state index >= 15 is 0 Å². The molecule has 3 rings (SSSR count). The molecule has 0 unspecified atom stereocenters. The summed E-state index contributed by atoms with van der Waals surface area (Å²) >= 11 is 9.21. The first-order valence-electron chi connectivity index (χ1n) is 6.82. The minimum atomic E-state index is -3.82. The number of fused-ring (bicyclic) bond motifs is 1. The fourth-order valence-electron chi connectivity index (χ4n) is 2.24. The van der Waals surface area contributed by atoms with Gasteiger partial charge in [-0.05, 0) is 45.8 Å². The van der Waals surface area contributed by atoms with Crippen LogP contribution < -0.4 is 18.9 Å².